The average molecular weight is 449 g/mol. The standard InChI is InChI=1S/C27H44O5/c1-15(13-24(3,4)31)16(2)17-8-10-27(32)19-11-21(28)20-12-22(29)23(30)14-25(20,5)18(19)7-9-26(17,27)6/h11,15-18,20,22-23,29-32H,7-10,12-14H2,1-6H3/t15-,16-,17-,18+,20-,22-,23+,25-,26-,27-/m1/s1. The van der Waals surface area contributed by atoms with Crippen molar-refractivity contribution in [3.63, 3.8) is 0 Å². The lowest BCUT2D eigenvalue weighted by atomic mass is 9.45. The summed E-state index contributed by atoms with van der Waals surface area (Å²) >= 11 is 0. The molecule has 0 aromatic heterocycles. The second kappa shape index (κ2) is 7.63. The fourth-order valence-corrected chi connectivity index (χ4v) is 8.62. The van der Waals surface area contributed by atoms with E-state index < -0.39 is 28.8 Å². The molecule has 4 N–H and O–H groups in total. The lowest BCUT2D eigenvalue weighted by molar-refractivity contribution is -0.154. The van der Waals surface area contributed by atoms with E-state index in [1.54, 1.807) is 6.08 Å². The average Bonchev–Trinajstić information content (AvgIpc) is 2.94. The zero-order valence-corrected chi connectivity index (χ0v) is 20.8. The van der Waals surface area contributed by atoms with Gasteiger partial charge in [-0.15, -0.1) is 0 Å². The number of aliphatic hydroxyl groups excluding tert-OH is 2. The van der Waals surface area contributed by atoms with Gasteiger partial charge in [-0.2, -0.15) is 0 Å². The van der Waals surface area contributed by atoms with Crippen LogP contribution >= 0.6 is 0 Å². The lowest BCUT2D eigenvalue weighted by Crippen LogP contribution is -2.61. The summed E-state index contributed by atoms with van der Waals surface area (Å²) in [5.41, 5.74) is -1.56. The van der Waals surface area contributed by atoms with Crippen molar-refractivity contribution in [3.8, 4) is 0 Å². The molecule has 0 spiro atoms. The first-order valence-corrected chi connectivity index (χ1v) is 12.7. The summed E-state index contributed by atoms with van der Waals surface area (Å²) in [6.45, 7) is 12.5. The molecular formula is C27H44O5. The van der Waals surface area contributed by atoms with Crippen molar-refractivity contribution in [1.29, 1.82) is 0 Å². The van der Waals surface area contributed by atoms with E-state index in [4.69, 9.17) is 0 Å². The number of aliphatic hydroxyl groups is 4. The number of ketones is 1. The van der Waals surface area contributed by atoms with Gasteiger partial charge in [0, 0.05) is 11.3 Å². The topological polar surface area (TPSA) is 98.0 Å². The van der Waals surface area contributed by atoms with Crippen LogP contribution in [0.3, 0.4) is 0 Å². The third kappa shape index (κ3) is 3.45. The smallest absolute Gasteiger partial charge is 0.159 e. The monoisotopic (exact) mass is 448 g/mol. The molecule has 0 radical (unpaired) electrons. The highest BCUT2D eigenvalue weighted by atomic mass is 16.3. The Labute approximate surface area is 193 Å². The molecule has 0 unspecified atom stereocenters. The number of carbonyl (C=O) groups is 1. The maximum Gasteiger partial charge on any atom is 0.159 e. The van der Waals surface area contributed by atoms with Crippen molar-refractivity contribution in [2.75, 3.05) is 0 Å². The minimum atomic E-state index is -1.01. The summed E-state index contributed by atoms with van der Waals surface area (Å²) in [6, 6.07) is 0. The van der Waals surface area contributed by atoms with Gasteiger partial charge in [0.2, 0.25) is 0 Å². The van der Waals surface area contributed by atoms with Crippen LogP contribution in [0.25, 0.3) is 0 Å². The van der Waals surface area contributed by atoms with E-state index >= 15 is 0 Å². The highest BCUT2D eigenvalue weighted by Gasteiger charge is 2.67. The summed E-state index contributed by atoms with van der Waals surface area (Å²) in [5.74, 6) is 0.793. The predicted octanol–water partition coefficient (Wildman–Crippen LogP) is 3.62. The first kappa shape index (κ1) is 24.4. The normalized spacial score (nSPS) is 48.4. The Bertz CT molecular complexity index is 798. The fourth-order valence-electron chi connectivity index (χ4n) is 8.62. The molecule has 5 nitrogen and oxygen atoms in total. The van der Waals surface area contributed by atoms with Crippen molar-refractivity contribution in [1.82, 2.24) is 0 Å². The van der Waals surface area contributed by atoms with Crippen molar-refractivity contribution >= 4 is 5.78 Å². The Kier molecular flexibility index (Phi) is 5.81. The Hall–Kier alpha value is -0.750. The van der Waals surface area contributed by atoms with Gasteiger partial charge in [-0.1, -0.05) is 27.7 Å². The van der Waals surface area contributed by atoms with Gasteiger partial charge in [-0.25, -0.2) is 0 Å². The van der Waals surface area contributed by atoms with E-state index in [9.17, 15) is 25.2 Å². The van der Waals surface area contributed by atoms with E-state index in [2.05, 4.69) is 27.7 Å². The highest BCUT2D eigenvalue weighted by molar-refractivity contribution is 5.95. The molecule has 182 valence electrons. The molecule has 0 aromatic rings. The highest BCUT2D eigenvalue weighted by Crippen LogP contribution is 2.68. The summed E-state index contributed by atoms with van der Waals surface area (Å²) < 4.78 is 0. The van der Waals surface area contributed by atoms with Crippen LogP contribution in [-0.2, 0) is 4.79 Å². The van der Waals surface area contributed by atoms with Crippen LogP contribution in [0.4, 0.5) is 0 Å². The molecule has 3 saturated carbocycles. The Morgan fingerprint density at radius 2 is 1.75 bits per heavy atom. The van der Waals surface area contributed by atoms with Gasteiger partial charge < -0.3 is 20.4 Å². The number of fused-ring (bicyclic) bond motifs is 5. The van der Waals surface area contributed by atoms with E-state index in [1.165, 1.54) is 0 Å². The van der Waals surface area contributed by atoms with Gasteiger partial charge in [-0.05, 0) is 99.5 Å². The number of hydrogen-bond acceptors (Lipinski definition) is 5. The van der Waals surface area contributed by atoms with Gasteiger partial charge in [0.15, 0.2) is 5.78 Å². The van der Waals surface area contributed by atoms with Crippen LogP contribution in [-0.4, -0.2) is 49.6 Å². The molecule has 0 heterocycles. The molecule has 4 aliphatic rings. The molecule has 0 saturated heterocycles. The van der Waals surface area contributed by atoms with Gasteiger partial charge in [0.25, 0.3) is 0 Å². The quantitative estimate of drug-likeness (QED) is 0.527. The minimum Gasteiger partial charge on any atom is -0.390 e. The van der Waals surface area contributed by atoms with Crippen LogP contribution in [0.1, 0.15) is 86.5 Å². The van der Waals surface area contributed by atoms with Crippen LogP contribution < -0.4 is 0 Å². The lowest BCUT2D eigenvalue weighted by Gasteiger charge is -2.60. The first-order valence-electron chi connectivity index (χ1n) is 12.7. The molecule has 32 heavy (non-hydrogen) atoms. The summed E-state index contributed by atoms with van der Waals surface area (Å²) in [4.78, 5) is 13.2. The SMILES string of the molecule is C[C@H]([C@H](C)CC(C)(C)O)[C@H]1CC[C@@]2(O)C3=CC(=O)[C@H]4C[C@@H](O)[C@@H](O)C[C@]4(C)[C@H]3CC[C@]12C. The maximum absolute atomic E-state index is 13.2. The second-order valence-corrected chi connectivity index (χ2v) is 13.0. The maximum atomic E-state index is 13.2. The van der Waals surface area contributed by atoms with Gasteiger partial charge in [-0.3, -0.25) is 4.79 Å². The molecule has 0 aromatic carbocycles. The van der Waals surface area contributed by atoms with Gasteiger partial charge in [0.1, 0.15) is 0 Å². The molecule has 0 bridgehead atoms. The minimum absolute atomic E-state index is 0.00858. The second-order valence-electron chi connectivity index (χ2n) is 13.0. The molecule has 4 aliphatic carbocycles. The number of allylic oxidation sites excluding steroid dienone is 1. The molecular weight excluding hydrogens is 404 g/mol. The molecule has 4 rings (SSSR count). The van der Waals surface area contributed by atoms with Crippen molar-refractivity contribution in [2.24, 2.45) is 40.4 Å². The van der Waals surface area contributed by atoms with E-state index in [0.717, 1.165) is 31.3 Å². The zero-order chi connectivity index (χ0) is 23.9. The van der Waals surface area contributed by atoms with E-state index in [-0.39, 0.29) is 23.0 Å². The number of hydrogen-bond donors (Lipinski definition) is 4. The van der Waals surface area contributed by atoms with E-state index in [0.29, 0.717) is 37.0 Å². The van der Waals surface area contributed by atoms with Crippen LogP contribution in [0.5, 0.6) is 0 Å². The Morgan fingerprint density at radius 1 is 1.09 bits per heavy atom. The van der Waals surface area contributed by atoms with Crippen molar-refractivity contribution in [3.05, 3.63) is 11.6 Å². The van der Waals surface area contributed by atoms with Crippen molar-refractivity contribution < 1.29 is 25.2 Å². The zero-order valence-electron chi connectivity index (χ0n) is 20.8. The third-order valence-corrected chi connectivity index (χ3v) is 10.5. The number of rotatable bonds is 4. The fraction of sp³-hybridized carbons (Fsp3) is 0.889. The van der Waals surface area contributed by atoms with Gasteiger partial charge in [0.05, 0.1) is 23.4 Å². The van der Waals surface area contributed by atoms with Crippen molar-refractivity contribution in [2.45, 2.75) is 110 Å². The molecule has 0 amide bonds. The largest absolute Gasteiger partial charge is 0.390 e. The summed E-state index contributed by atoms with van der Waals surface area (Å²) in [6.07, 6.45) is 4.88. The molecule has 3 fully saturated rings. The van der Waals surface area contributed by atoms with E-state index in [1.807, 2.05) is 13.8 Å². The van der Waals surface area contributed by atoms with Gasteiger partial charge >= 0.3 is 0 Å². The molecule has 0 aliphatic heterocycles. The first-order chi connectivity index (χ1) is 14.6. The Balaban J connectivity index is 1.67. The summed E-state index contributed by atoms with van der Waals surface area (Å²) in [7, 11) is 0. The Morgan fingerprint density at radius 3 is 2.38 bits per heavy atom. The van der Waals surface area contributed by atoms with Crippen LogP contribution in [0, 0.1) is 40.4 Å². The third-order valence-electron chi connectivity index (χ3n) is 10.5. The molecule has 10 atom stereocenters. The summed E-state index contributed by atoms with van der Waals surface area (Å²) in [5, 5.41) is 43.3. The predicted molar refractivity (Wildman–Crippen MR) is 124 cm³/mol. The molecule has 5 heteroatoms. The van der Waals surface area contributed by atoms with Crippen LogP contribution in [0.15, 0.2) is 11.6 Å². The van der Waals surface area contributed by atoms with Crippen LogP contribution in [0.2, 0.25) is 0 Å². The number of carbonyl (C=O) groups excluding carboxylic acids is 1.